The van der Waals surface area contributed by atoms with Crippen molar-refractivity contribution in [3.05, 3.63) is 12.7 Å². The summed E-state index contributed by atoms with van der Waals surface area (Å²) in [7, 11) is 0. The molecule has 0 heterocycles. The van der Waals surface area contributed by atoms with Crippen LogP contribution in [0.2, 0.25) is 0 Å². The van der Waals surface area contributed by atoms with E-state index in [0.717, 1.165) is 0 Å². The Morgan fingerprint density at radius 1 is 1.23 bits per heavy atom. The molecule has 1 fully saturated rings. The minimum absolute atomic E-state index is 0.0363. The Hall–Kier alpha value is -1.85. The first-order valence-corrected chi connectivity index (χ1v) is 9.19. The molecule has 2 amide bonds. The van der Waals surface area contributed by atoms with E-state index in [2.05, 4.69) is 17.2 Å². The number of hydrogen-bond donors (Lipinski definition) is 2. The number of nitrogens with one attached hydrogen (secondary N) is 2. The second-order valence-corrected chi connectivity index (χ2v) is 8.90. The summed E-state index contributed by atoms with van der Waals surface area (Å²) in [5.74, 6) is -1.97. The van der Waals surface area contributed by atoms with Gasteiger partial charge in [0.15, 0.2) is 0 Å². The predicted octanol–water partition coefficient (Wildman–Crippen LogP) is 2.58. The van der Waals surface area contributed by atoms with Crippen molar-refractivity contribution < 1.29 is 19.1 Å². The molecule has 0 aromatic heterocycles. The van der Waals surface area contributed by atoms with Crippen LogP contribution >= 0.6 is 0 Å². The first-order chi connectivity index (χ1) is 11.8. The Kier molecular flexibility index (Phi) is 6.66. The van der Waals surface area contributed by atoms with Crippen LogP contribution in [0, 0.1) is 17.3 Å². The zero-order valence-electron chi connectivity index (χ0n) is 17.2. The molecule has 0 radical (unpaired) electrons. The number of esters is 1. The highest BCUT2D eigenvalue weighted by Crippen LogP contribution is 2.49. The minimum atomic E-state index is -1.36. The fraction of sp³-hybridized carbons (Fsp3) is 0.750. The van der Waals surface area contributed by atoms with Gasteiger partial charge < -0.3 is 15.4 Å². The Morgan fingerprint density at radius 3 is 2.23 bits per heavy atom. The average molecular weight is 367 g/mol. The highest BCUT2D eigenvalue weighted by Gasteiger charge is 2.58. The minimum Gasteiger partial charge on any atom is -0.466 e. The number of carbonyl (C=O) groups excluding carboxylic acids is 3. The quantitative estimate of drug-likeness (QED) is 0.578. The van der Waals surface area contributed by atoms with Crippen molar-refractivity contribution in [3.8, 4) is 0 Å². The molecule has 6 nitrogen and oxygen atoms in total. The summed E-state index contributed by atoms with van der Waals surface area (Å²) in [6, 6.07) is 0. The number of hydrogen-bond acceptors (Lipinski definition) is 4. The fourth-order valence-electron chi connectivity index (χ4n) is 3.76. The van der Waals surface area contributed by atoms with E-state index in [1.165, 1.54) is 6.92 Å². The van der Waals surface area contributed by atoms with Gasteiger partial charge in [0, 0.05) is 12.5 Å². The normalized spacial score (nSPS) is 28.0. The Bertz CT molecular complexity index is 577. The van der Waals surface area contributed by atoms with E-state index < -0.39 is 23.0 Å². The van der Waals surface area contributed by atoms with Gasteiger partial charge in [0.05, 0.1) is 12.5 Å². The lowest BCUT2D eigenvalue weighted by molar-refractivity contribution is -0.162. The van der Waals surface area contributed by atoms with Crippen LogP contribution in [0.5, 0.6) is 0 Å². The van der Waals surface area contributed by atoms with Gasteiger partial charge in [-0.3, -0.25) is 14.4 Å². The highest BCUT2D eigenvalue weighted by molar-refractivity contribution is 5.96. The monoisotopic (exact) mass is 366 g/mol. The standard InChI is InChI=1S/C20H34N2O4/c1-9-14-11-20(21-13(3)23,17(25)22-18(4,5)6)15(12-19(14,7)8)16(24)26-10-2/h9,14-15H,1,10-12H2,2-8H3,(H,21,23)(H,22,25). The highest BCUT2D eigenvalue weighted by atomic mass is 16.5. The lowest BCUT2D eigenvalue weighted by Gasteiger charge is -2.51. The zero-order valence-corrected chi connectivity index (χ0v) is 17.2. The molecule has 1 saturated carbocycles. The van der Waals surface area contributed by atoms with Gasteiger partial charge in [-0.05, 0) is 51.9 Å². The zero-order chi connectivity index (χ0) is 20.3. The van der Waals surface area contributed by atoms with Crippen LogP contribution in [0.15, 0.2) is 12.7 Å². The van der Waals surface area contributed by atoms with Gasteiger partial charge in [0.1, 0.15) is 5.54 Å². The average Bonchev–Trinajstić information content (AvgIpc) is 2.46. The van der Waals surface area contributed by atoms with Crippen LogP contribution in [0.3, 0.4) is 0 Å². The molecule has 1 aliphatic carbocycles. The molecule has 1 rings (SSSR count). The summed E-state index contributed by atoms with van der Waals surface area (Å²) >= 11 is 0. The lowest BCUT2D eigenvalue weighted by atomic mass is 9.57. The fourth-order valence-corrected chi connectivity index (χ4v) is 3.76. The smallest absolute Gasteiger partial charge is 0.311 e. The lowest BCUT2D eigenvalue weighted by Crippen LogP contribution is -2.70. The predicted molar refractivity (Wildman–Crippen MR) is 101 cm³/mol. The van der Waals surface area contributed by atoms with Crippen molar-refractivity contribution >= 4 is 17.8 Å². The molecule has 2 N–H and O–H groups in total. The van der Waals surface area contributed by atoms with Crippen molar-refractivity contribution in [1.29, 1.82) is 0 Å². The van der Waals surface area contributed by atoms with E-state index in [0.29, 0.717) is 12.8 Å². The van der Waals surface area contributed by atoms with Gasteiger partial charge in [-0.15, -0.1) is 6.58 Å². The summed E-state index contributed by atoms with van der Waals surface area (Å²) in [6.07, 6.45) is 2.52. The van der Waals surface area contributed by atoms with E-state index in [-0.39, 0.29) is 29.8 Å². The number of amides is 2. The molecule has 0 aromatic carbocycles. The van der Waals surface area contributed by atoms with Gasteiger partial charge in [0.25, 0.3) is 0 Å². The molecule has 0 aliphatic heterocycles. The van der Waals surface area contributed by atoms with Crippen molar-refractivity contribution in [1.82, 2.24) is 10.6 Å². The van der Waals surface area contributed by atoms with Crippen LogP contribution in [0.1, 0.15) is 61.3 Å². The summed E-state index contributed by atoms with van der Waals surface area (Å²) in [5, 5.41) is 5.75. The molecule has 3 unspecified atom stereocenters. The topological polar surface area (TPSA) is 84.5 Å². The summed E-state index contributed by atoms with van der Waals surface area (Å²) in [5.41, 5.74) is -2.11. The van der Waals surface area contributed by atoms with Crippen LogP contribution in [-0.2, 0) is 19.1 Å². The molecule has 0 spiro atoms. The summed E-state index contributed by atoms with van der Waals surface area (Å²) in [6.45, 7) is 16.9. The van der Waals surface area contributed by atoms with Crippen LogP contribution in [-0.4, -0.2) is 35.5 Å². The first kappa shape index (κ1) is 22.2. The number of carbonyl (C=O) groups is 3. The number of ether oxygens (including phenoxy) is 1. The Labute approximate surface area is 157 Å². The molecular formula is C20H34N2O4. The van der Waals surface area contributed by atoms with Gasteiger partial charge >= 0.3 is 5.97 Å². The molecule has 0 saturated heterocycles. The maximum Gasteiger partial charge on any atom is 0.311 e. The van der Waals surface area contributed by atoms with Gasteiger partial charge in [-0.1, -0.05) is 19.9 Å². The summed E-state index contributed by atoms with van der Waals surface area (Å²) < 4.78 is 5.26. The first-order valence-electron chi connectivity index (χ1n) is 9.19. The van der Waals surface area contributed by atoms with Crippen molar-refractivity contribution in [3.63, 3.8) is 0 Å². The molecule has 1 aliphatic rings. The van der Waals surface area contributed by atoms with Crippen LogP contribution < -0.4 is 10.6 Å². The van der Waals surface area contributed by atoms with E-state index in [9.17, 15) is 14.4 Å². The van der Waals surface area contributed by atoms with Crippen molar-refractivity contribution in [2.75, 3.05) is 6.61 Å². The van der Waals surface area contributed by atoms with Gasteiger partial charge in [0.2, 0.25) is 11.8 Å². The second kappa shape index (κ2) is 7.80. The SMILES string of the molecule is C=CC1CC(NC(C)=O)(C(=O)NC(C)(C)C)C(C(=O)OCC)CC1(C)C. The van der Waals surface area contributed by atoms with E-state index in [1.54, 1.807) is 6.92 Å². The van der Waals surface area contributed by atoms with Crippen molar-refractivity contribution in [2.45, 2.75) is 72.4 Å². The van der Waals surface area contributed by atoms with E-state index >= 15 is 0 Å². The third-order valence-corrected chi connectivity index (χ3v) is 5.02. The van der Waals surface area contributed by atoms with Crippen LogP contribution in [0.25, 0.3) is 0 Å². The Morgan fingerprint density at radius 2 is 1.81 bits per heavy atom. The number of rotatable bonds is 5. The maximum absolute atomic E-state index is 13.3. The molecule has 0 bridgehead atoms. The molecule has 26 heavy (non-hydrogen) atoms. The second-order valence-electron chi connectivity index (χ2n) is 8.90. The third kappa shape index (κ3) is 4.86. The number of allylic oxidation sites excluding steroid dienone is 1. The van der Waals surface area contributed by atoms with E-state index in [1.807, 2.05) is 40.7 Å². The molecule has 6 heteroatoms. The maximum atomic E-state index is 13.3. The Balaban J connectivity index is 3.49. The van der Waals surface area contributed by atoms with Crippen LogP contribution in [0.4, 0.5) is 0 Å². The third-order valence-electron chi connectivity index (χ3n) is 5.02. The molecule has 0 aromatic rings. The van der Waals surface area contributed by atoms with Crippen molar-refractivity contribution in [2.24, 2.45) is 17.3 Å². The van der Waals surface area contributed by atoms with Gasteiger partial charge in [-0.2, -0.15) is 0 Å². The van der Waals surface area contributed by atoms with E-state index in [4.69, 9.17) is 4.74 Å². The largest absolute Gasteiger partial charge is 0.466 e. The molecular weight excluding hydrogens is 332 g/mol. The summed E-state index contributed by atoms with van der Waals surface area (Å²) in [4.78, 5) is 38.1. The van der Waals surface area contributed by atoms with Gasteiger partial charge in [-0.25, -0.2) is 0 Å². The molecule has 3 atom stereocenters. The molecule has 148 valence electrons.